The number of nitrogens with zero attached hydrogens (tertiary/aromatic N) is 4. The maximum absolute atomic E-state index is 12.2. The highest BCUT2D eigenvalue weighted by atomic mass is 32.1. The van der Waals surface area contributed by atoms with E-state index in [-0.39, 0.29) is 0 Å². The Bertz CT molecular complexity index is 1250. The first-order valence-corrected chi connectivity index (χ1v) is 13.2. The minimum atomic E-state index is -0.430. The number of carbonyl (C=O) groups is 1. The fourth-order valence-corrected chi connectivity index (χ4v) is 6.17. The molecule has 2 aliphatic heterocycles. The number of benzene rings is 2. The van der Waals surface area contributed by atoms with Crippen molar-refractivity contribution in [3.63, 3.8) is 0 Å². The van der Waals surface area contributed by atoms with Gasteiger partial charge in [-0.3, -0.25) is 4.90 Å². The lowest BCUT2D eigenvalue weighted by Crippen LogP contribution is -2.36. The van der Waals surface area contributed by atoms with E-state index in [1.54, 1.807) is 11.0 Å². The molecule has 2 amide bonds. The molecule has 3 heterocycles. The van der Waals surface area contributed by atoms with Crippen molar-refractivity contribution < 1.29 is 9.53 Å². The molecule has 2 aliphatic rings. The van der Waals surface area contributed by atoms with Crippen molar-refractivity contribution in [3.8, 4) is 11.8 Å². The number of urea groups is 1. The van der Waals surface area contributed by atoms with Crippen LogP contribution in [0.5, 0.6) is 5.75 Å². The van der Waals surface area contributed by atoms with Crippen molar-refractivity contribution >= 4 is 38.1 Å². The van der Waals surface area contributed by atoms with Crippen molar-refractivity contribution in [2.24, 2.45) is 5.73 Å². The van der Waals surface area contributed by atoms with Gasteiger partial charge in [-0.05, 0) is 67.6 Å². The third kappa shape index (κ3) is 5.21. The number of anilines is 2. The Morgan fingerprint density at radius 2 is 2.06 bits per heavy atom. The van der Waals surface area contributed by atoms with Gasteiger partial charge in [0.1, 0.15) is 10.8 Å². The summed E-state index contributed by atoms with van der Waals surface area (Å²) >= 11 is 1.51. The zero-order valence-electron chi connectivity index (χ0n) is 19.9. The SMILES string of the molecule is N#Cc1ccc2cc(N(CCCCN3CCCN(c4cccc5c4OCC5)CC3)C(N)=O)sc2c1. The molecule has 0 spiro atoms. The lowest BCUT2D eigenvalue weighted by molar-refractivity contribution is 0.253. The van der Waals surface area contributed by atoms with E-state index in [9.17, 15) is 4.79 Å². The second-order valence-corrected chi connectivity index (χ2v) is 10.3. The molecule has 1 aromatic heterocycles. The second kappa shape index (κ2) is 10.5. The first kappa shape index (κ1) is 23.5. The van der Waals surface area contributed by atoms with Crippen LogP contribution in [-0.2, 0) is 6.42 Å². The molecule has 0 unspecified atom stereocenters. The summed E-state index contributed by atoms with van der Waals surface area (Å²) in [4.78, 5) is 18.8. The summed E-state index contributed by atoms with van der Waals surface area (Å²) in [6, 6.07) is 15.8. The number of rotatable bonds is 7. The van der Waals surface area contributed by atoms with Crippen LogP contribution in [0.2, 0.25) is 0 Å². The van der Waals surface area contributed by atoms with Crippen molar-refractivity contribution in [1.82, 2.24) is 4.90 Å². The summed E-state index contributed by atoms with van der Waals surface area (Å²) in [5.74, 6) is 1.08. The Kier molecular flexibility index (Phi) is 7.07. The number of ether oxygens (including phenoxy) is 1. The van der Waals surface area contributed by atoms with Crippen LogP contribution >= 0.6 is 11.3 Å². The molecule has 0 atom stereocenters. The van der Waals surface area contributed by atoms with Gasteiger partial charge in [0.15, 0.2) is 0 Å². The highest BCUT2D eigenvalue weighted by Gasteiger charge is 2.22. The minimum Gasteiger partial charge on any atom is -0.491 e. The average Bonchev–Trinajstić information content (AvgIpc) is 3.44. The van der Waals surface area contributed by atoms with Gasteiger partial charge in [-0.25, -0.2) is 4.79 Å². The van der Waals surface area contributed by atoms with E-state index in [4.69, 9.17) is 15.7 Å². The molecule has 2 aromatic carbocycles. The zero-order chi connectivity index (χ0) is 24.2. The van der Waals surface area contributed by atoms with Crippen LogP contribution in [0.4, 0.5) is 15.5 Å². The third-order valence-corrected chi connectivity index (χ3v) is 8.02. The van der Waals surface area contributed by atoms with E-state index >= 15 is 0 Å². The number of nitriles is 1. The number of thiophene rings is 1. The van der Waals surface area contributed by atoms with Crippen molar-refractivity contribution in [3.05, 3.63) is 53.6 Å². The molecule has 182 valence electrons. The highest BCUT2D eigenvalue weighted by Crippen LogP contribution is 2.36. The molecular weight excluding hydrogens is 458 g/mol. The first-order valence-electron chi connectivity index (χ1n) is 12.3. The zero-order valence-corrected chi connectivity index (χ0v) is 20.7. The number of nitrogens with two attached hydrogens (primary N) is 1. The predicted octanol–water partition coefficient (Wildman–Crippen LogP) is 4.59. The molecule has 0 saturated carbocycles. The van der Waals surface area contributed by atoms with E-state index in [0.717, 1.165) is 85.9 Å². The standard InChI is InChI=1S/C27H31N5O2S/c28-19-20-7-8-22-18-25(35-24(22)17-20)32(27(29)33)13-2-1-10-30-11-4-12-31(15-14-30)23-6-3-5-21-9-16-34-26(21)23/h3,5-8,17-18H,1-2,4,9-16H2,(H2,29,33). The summed E-state index contributed by atoms with van der Waals surface area (Å²) in [5, 5.41) is 11.0. The fourth-order valence-electron chi connectivity index (χ4n) is 5.04. The smallest absolute Gasteiger partial charge is 0.319 e. The highest BCUT2D eigenvalue weighted by molar-refractivity contribution is 7.23. The van der Waals surface area contributed by atoms with Gasteiger partial charge in [-0.1, -0.05) is 18.2 Å². The van der Waals surface area contributed by atoms with Crippen molar-refractivity contribution in [2.75, 3.05) is 55.7 Å². The van der Waals surface area contributed by atoms with Gasteiger partial charge in [-0.15, -0.1) is 11.3 Å². The molecule has 5 rings (SSSR count). The quantitative estimate of drug-likeness (QED) is 0.491. The van der Waals surface area contributed by atoms with Gasteiger partial charge in [-0.2, -0.15) is 5.26 Å². The summed E-state index contributed by atoms with van der Waals surface area (Å²) in [7, 11) is 0. The summed E-state index contributed by atoms with van der Waals surface area (Å²) in [6.07, 6.45) is 4.04. The summed E-state index contributed by atoms with van der Waals surface area (Å²) in [5.41, 5.74) is 8.90. The Balaban J connectivity index is 1.13. The average molecular weight is 490 g/mol. The van der Waals surface area contributed by atoms with E-state index in [0.29, 0.717) is 12.1 Å². The fraction of sp³-hybridized carbons (Fsp3) is 0.407. The van der Waals surface area contributed by atoms with Crippen LogP contribution in [0, 0.1) is 11.3 Å². The number of amides is 2. The number of fused-ring (bicyclic) bond motifs is 2. The Hall–Kier alpha value is -3.28. The lowest BCUT2D eigenvalue weighted by Gasteiger charge is -2.25. The van der Waals surface area contributed by atoms with E-state index in [1.807, 2.05) is 18.2 Å². The molecule has 1 saturated heterocycles. The Morgan fingerprint density at radius 1 is 1.14 bits per heavy atom. The number of unbranched alkanes of at least 4 members (excludes halogenated alkanes) is 1. The molecule has 35 heavy (non-hydrogen) atoms. The molecule has 2 N–H and O–H groups in total. The van der Waals surface area contributed by atoms with Crippen molar-refractivity contribution in [2.45, 2.75) is 25.7 Å². The number of para-hydroxylation sites is 1. The summed E-state index contributed by atoms with van der Waals surface area (Å²) < 4.78 is 6.92. The summed E-state index contributed by atoms with van der Waals surface area (Å²) in [6.45, 7) is 6.56. The van der Waals surface area contributed by atoms with E-state index in [2.05, 4.69) is 34.1 Å². The van der Waals surface area contributed by atoms with Gasteiger partial charge < -0.3 is 20.3 Å². The molecule has 0 aliphatic carbocycles. The van der Waals surface area contributed by atoms with Crippen molar-refractivity contribution in [1.29, 1.82) is 5.26 Å². The molecule has 0 radical (unpaired) electrons. The molecule has 0 bridgehead atoms. The molecule has 7 nitrogen and oxygen atoms in total. The van der Waals surface area contributed by atoms with Gasteiger partial charge in [0.05, 0.1) is 23.9 Å². The predicted molar refractivity (Wildman–Crippen MR) is 142 cm³/mol. The monoisotopic (exact) mass is 489 g/mol. The maximum Gasteiger partial charge on any atom is 0.319 e. The molecule has 8 heteroatoms. The van der Waals surface area contributed by atoms with Gasteiger partial charge >= 0.3 is 6.03 Å². The van der Waals surface area contributed by atoms with Gasteiger partial charge in [0.2, 0.25) is 0 Å². The van der Waals surface area contributed by atoms with Crippen LogP contribution in [0.25, 0.3) is 10.1 Å². The van der Waals surface area contributed by atoms with Crippen LogP contribution < -0.4 is 20.3 Å². The van der Waals surface area contributed by atoms with Gasteiger partial charge in [0.25, 0.3) is 0 Å². The van der Waals surface area contributed by atoms with Crippen LogP contribution in [0.15, 0.2) is 42.5 Å². The van der Waals surface area contributed by atoms with E-state index < -0.39 is 6.03 Å². The third-order valence-electron chi connectivity index (χ3n) is 6.90. The number of hydrogen-bond acceptors (Lipinski definition) is 6. The normalized spacial score (nSPS) is 15.9. The number of carbonyl (C=O) groups excluding carboxylic acids is 1. The van der Waals surface area contributed by atoms with Crippen LogP contribution in [0.3, 0.4) is 0 Å². The lowest BCUT2D eigenvalue weighted by atomic mass is 10.1. The first-order chi connectivity index (χ1) is 17.1. The van der Waals surface area contributed by atoms with Gasteiger partial charge in [0, 0.05) is 37.3 Å². The van der Waals surface area contributed by atoms with Crippen LogP contribution in [0.1, 0.15) is 30.4 Å². The number of primary amides is 1. The molecular formula is C27H31N5O2S. The molecule has 3 aromatic rings. The number of hydrogen-bond donors (Lipinski definition) is 1. The minimum absolute atomic E-state index is 0.430. The Morgan fingerprint density at radius 3 is 2.91 bits per heavy atom. The van der Waals surface area contributed by atoms with E-state index in [1.165, 1.54) is 22.6 Å². The topological polar surface area (TPSA) is 85.8 Å². The van der Waals surface area contributed by atoms with Crippen LogP contribution in [-0.4, -0.2) is 56.8 Å². The second-order valence-electron chi connectivity index (χ2n) is 9.19. The molecule has 1 fully saturated rings. The Labute approximate surface area is 210 Å². The maximum atomic E-state index is 12.2. The largest absolute Gasteiger partial charge is 0.491 e.